The molecule has 0 amide bonds. The maximum absolute atomic E-state index is 9.24. The topological polar surface area (TPSA) is 106 Å². The van der Waals surface area contributed by atoms with Gasteiger partial charge in [-0.15, -0.1) is 11.3 Å². The van der Waals surface area contributed by atoms with Gasteiger partial charge in [-0.2, -0.15) is 15.0 Å². The number of nitrogens with zero attached hydrogens (tertiary/aromatic N) is 6. The third kappa shape index (κ3) is 2.11. The number of nitrogens with two attached hydrogens (primary N) is 1. The molecule has 0 aliphatic carbocycles. The van der Waals surface area contributed by atoms with Crippen molar-refractivity contribution in [3.05, 3.63) is 47.1 Å². The summed E-state index contributed by atoms with van der Waals surface area (Å²) in [5.74, 6) is 1.32. The predicted molar refractivity (Wildman–Crippen MR) is 91.6 cm³/mol. The molecule has 7 nitrogen and oxygen atoms in total. The molecule has 0 unspecified atom stereocenters. The molecule has 4 aromatic heterocycles. The zero-order chi connectivity index (χ0) is 16.7. The van der Waals surface area contributed by atoms with E-state index in [1.165, 1.54) is 16.0 Å². The van der Waals surface area contributed by atoms with Gasteiger partial charge in [0.25, 0.3) is 0 Å². The Kier molecular flexibility index (Phi) is 3.22. The largest absolute Gasteiger partial charge is 0.382 e. The zero-order valence-electron chi connectivity index (χ0n) is 12.6. The van der Waals surface area contributed by atoms with E-state index in [9.17, 15) is 5.26 Å². The number of anilines is 1. The summed E-state index contributed by atoms with van der Waals surface area (Å²) in [6, 6.07) is 9.55. The molecule has 0 atom stereocenters. The minimum absolute atomic E-state index is 0.273. The van der Waals surface area contributed by atoms with Gasteiger partial charge in [-0.1, -0.05) is 6.07 Å². The smallest absolute Gasteiger partial charge is 0.180 e. The van der Waals surface area contributed by atoms with Crippen LogP contribution >= 0.6 is 11.3 Å². The third-order valence-electron chi connectivity index (χ3n) is 3.59. The van der Waals surface area contributed by atoms with Crippen LogP contribution in [-0.2, 0) is 0 Å². The van der Waals surface area contributed by atoms with E-state index in [4.69, 9.17) is 5.73 Å². The van der Waals surface area contributed by atoms with Crippen LogP contribution in [0, 0.1) is 18.3 Å². The van der Waals surface area contributed by atoms with Gasteiger partial charge in [0.05, 0.1) is 15.9 Å². The van der Waals surface area contributed by atoms with E-state index >= 15 is 0 Å². The number of pyridine rings is 1. The van der Waals surface area contributed by atoms with Gasteiger partial charge in [0, 0.05) is 6.20 Å². The van der Waals surface area contributed by atoms with E-state index in [0.29, 0.717) is 28.6 Å². The predicted octanol–water partition coefficient (Wildman–Crippen LogP) is 2.70. The van der Waals surface area contributed by atoms with E-state index in [2.05, 4.69) is 26.1 Å². The summed E-state index contributed by atoms with van der Waals surface area (Å²) in [7, 11) is 0. The van der Waals surface area contributed by atoms with Crippen molar-refractivity contribution < 1.29 is 0 Å². The molecule has 0 aromatic carbocycles. The first-order valence-electron chi connectivity index (χ1n) is 7.11. The molecule has 0 aliphatic rings. The van der Waals surface area contributed by atoms with Gasteiger partial charge in [-0.25, -0.2) is 9.97 Å². The van der Waals surface area contributed by atoms with Crippen LogP contribution in [0.4, 0.5) is 5.82 Å². The summed E-state index contributed by atoms with van der Waals surface area (Å²) in [6.45, 7) is 1.75. The second kappa shape index (κ2) is 5.40. The summed E-state index contributed by atoms with van der Waals surface area (Å²) >= 11 is 1.50. The molecule has 0 bridgehead atoms. The molecule has 8 heteroatoms. The van der Waals surface area contributed by atoms with Gasteiger partial charge in [-0.05, 0) is 30.5 Å². The number of aromatic nitrogens is 5. The van der Waals surface area contributed by atoms with Crippen LogP contribution in [0.1, 0.15) is 11.3 Å². The lowest BCUT2D eigenvalue weighted by Gasteiger charge is -2.07. The number of aryl methyl sites for hydroxylation is 1. The lowest BCUT2D eigenvalue weighted by Crippen LogP contribution is -2.07. The number of fused-ring (bicyclic) bond motifs is 1. The lowest BCUT2D eigenvalue weighted by molar-refractivity contribution is 0.848. The van der Waals surface area contributed by atoms with Crippen molar-refractivity contribution in [3.8, 4) is 23.4 Å². The average Bonchev–Trinajstić information content (AvgIpc) is 3.19. The van der Waals surface area contributed by atoms with Crippen molar-refractivity contribution in [2.45, 2.75) is 6.92 Å². The Hall–Kier alpha value is -3.31. The Morgan fingerprint density at radius 1 is 1.25 bits per heavy atom. The van der Waals surface area contributed by atoms with Crippen LogP contribution in [0.5, 0.6) is 0 Å². The minimum Gasteiger partial charge on any atom is -0.382 e. The van der Waals surface area contributed by atoms with Crippen molar-refractivity contribution in [2.24, 2.45) is 0 Å². The summed E-state index contributed by atoms with van der Waals surface area (Å²) in [4.78, 5) is 13.5. The highest BCUT2D eigenvalue weighted by Crippen LogP contribution is 2.30. The maximum atomic E-state index is 9.24. The molecule has 2 N–H and O–H groups in total. The number of nitriles is 1. The summed E-state index contributed by atoms with van der Waals surface area (Å²) in [6.07, 6.45) is 1.69. The lowest BCUT2D eigenvalue weighted by atomic mass is 10.3. The zero-order valence-corrected chi connectivity index (χ0v) is 13.4. The highest BCUT2D eigenvalue weighted by atomic mass is 32.1. The first-order chi connectivity index (χ1) is 11.7. The van der Waals surface area contributed by atoms with Gasteiger partial charge in [-0.3, -0.25) is 4.98 Å². The fourth-order valence-corrected chi connectivity index (χ4v) is 3.25. The molecule has 24 heavy (non-hydrogen) atoms. The van der Waals surface area contributed by atoms with Crippen LogP contribution in [0.3, 0.4) is 0 Å². The number of thiophene rings is 1. The first kappa shape index (κ1) is 14.3. The van der Waals surface area contributed by atoms with Crippen LogP contribution in [0.2, 0.25) is 0 Å². The normalized spacial score (nSPS) is 10.8. The second-order valence-corrected chi connectivity index (χ2v) is 6.01. The SMILES string of the molecule is Cc1nn(-c2nc(-c3ccccn3)nc3ccsc23)c(N)c1C#N. The van der Waals surface area contributed by atoms with Crippen LogP contribution in [0.25, 0.3) is 27.6 Å². The Morgan fingerprint density at radius 2 is 2.12 bits per heavy atom. The van der Waals surface area contributed by atoms with Crippen molar-refractivity contribution in [1.29, 1.82) is 5.26 Å². The molecular formula is C16H11N7S. The quantitative estimate of drug-likeness (QED) is 0.604. The summed E-state index contributed by atoms with van der Waals surface area (Å²) < 4.78 is 2.36. The second-order valence-electron chi connectivity index (χ2n) is 5.09. The standard InChI is InChI=1S/C16H11N7S/c1-9-10(8-17)14(18)23(22-9)16-13-11(5-7-24-13)20-15(21-16)12-4-2-3-6-19-12/h2-7H,18H2,1H3. The maximum Gasteiger partial charge on any atom is 0.180 e. The number of hydrogen-bond acceptors (Lipinski definition) is 7. The molecule has 0 fully saturated rings. The van der Waals surface area contributed by atoms with E-state index in [1.54, 1.807) is 13.1 Å². The monoisotopic (exact) mass is 333 g/mol. The van der Waals surface area contributed by atoms with Crippen molar-refractivity contribution >= 4 is 27.4 Å². The van der Waals surface area contributed by atoms with E-state index < -0.39 is 0 Å². The highest BCUT2D eigenvalue weighted by molar-refractivity contribution is 7.17. The Morgan fingerprint density at radius 3 is 2.83 bits per heavy atom. The van der Waals surface area contributed by atoms with Crippen molar-refractivity contribution in [3.63, 3.8) is 0 Å². The van der Waals surface area contributed by atoms with Crippen molar-refractivity contribution in [1.82, 2.24) is 24.7 Å². The summed E-state index contributed by atoms with van der Waals surface area (Å²) in [5, 5.41) is 15.6. The molecule has 0 radical (unpaired) electrons. The van der Waals surface area contributed by atoms with Crippen LogP contribution in [0.15, 0.2) is 35.8 Å². The Bertz CT molecular complexity index is 1090. The van der Waals surface area contributed by atoms with Crippen LogP contribution < -0.4 is 5.73 Å². The molecule has 0 aliphatic heterocycles. The Balaban J connectivity index is 2.02. The molecule has 4 heterocycles. The summed E-state index contributed by atoms with van der Waals surface area (Å²) in [5.41, 5.74) is 8.48. The average molecular weight is 333 g/mol. The minimum atomic E-state index is 0.273. The first-order valence-corrected chi connectivity index (χ1v) is 7.99. The molecular weight excluding hydrogens is 322 g/mol. The molecule has 116 valence electrons. The van der Waals surface area contributed by atoms with Gasteiger partial charge >= 0.3 is 0 Å². The van der Waals surface area contributed by atoms with Gasteiger partial charge in [0.2, 0.25) is 0 Å². The molecule has 0 spiro atoms. The number of rotatable bonds is 2. The van der Waals surface area contributed by atoms with E-state index in [1.807, 2.05) is 29.6 Å². The van der Waals surface area contributed by atoms with E-state index in [-0.39, 0.29) is 5.82 Å². The van der Waals surface area contributed by atoms with Crippen molar-refractivity contribution in [2.75, 3.05) is 5.73 Å². The third-order valence-corrected chi connectivity index (χ3v) is 4.49. The molecule has 4 aromatic rings. The fourth-order valence-electron chi connectivity index (χ4n) is 2.45. The van der Waals surface area contributed by atoms with Gasteiger partial charge in [0.1, 0.15) is 23.1 Å². The Labute approximate surface area is 141 Å². The number of nitrogen functional groups attached to an aromatic ring is 1. The molecule has 0 saturated heterocycles. The highest BCUT2D eigenvalue weighted by Gasteiger charge is 2.19. The molecule has 0 saturated carbocycles. The van der Waals surface area contributed by atoms with Crippen LogP contribution in [-0.4, -0.2) is 24.7 Å². The fraction of sp³-hybridized carbons (Fsp3) is 0.0625. The van der Waals surface area contributed by atoms with E-state index in [0.717, 1.165) is 10.2 Å². The molecule has 4 rings (SSSR count). The number of hydrogen-bond donors (Lipinski definition) is 1. The van der Waals surface area contributed by atoms with Gasteiger partial charge in [0.15, 0.2) is 11.6 Å². The van der Waals surface area contributed by atoms with Gasteiger partial charge < -0.3 is 5.73 Å².